The molecule has 0 radical (unpaired) electrons. The summed E-state index contributed by atoms with van der Waals surface area (Å²) in [6, 6.07) is 19.0. The molecule has 0 fully saturated rings. The molecule has 2 aliphatic carbocycles. The van der Waals surface area contributed by atoms with E-state index < -0.39 is 69.0 Å². The van der Waals surface area contributed by atoms with Crippen LogP contribution in [0.3, 0.4) is 0 Å². The minimum atomic E-state index is -5.16. The molecule has 4 aromatic rings. The molecule has 22 heteroatoms. The lowest BCUT2D eigenvalue weighted by Gasteiger charge is -2.20. The van der Waals surface area contributed by atoms with Crippen molar-refractivity contribution in [2.75, 3.05) is 16.6 Å². The molecule has 6 rings (SSSR count). The highest BCUT2D eigenvalue weighted by Gasteiger charge is 2.37. The van der Waals surface area contributed by atoms with Gasteiger partial charge in [-0.1, -0.05) is 11.8 Å². The highest BCUT2D eigenvalue weighted by atomic mass is 32.2. The van der Waals surface area contributed by atoms with Crippen LogP contribution in [0.4, 0.5) is 34.1 Å². The molecular formula is C34H24N8O11S3. The molecule has 4 aromatic carbocycles. The third kappa shape index (κ3) is 8.75. The Morgan fingerprint density at radius 3 is 1.89 bits per heavy atom. The highest BCUT2D eigenvalue weighted by molar-refractivity contribution is 7.99. The lowest BCUT2D eigenvalue weighted by atomic mass is 9.92. The molecule has 0 saturated heterocycles. The Morgan fingerprint density at radius 2 is 1.36 bits per heavy atom. The molecule has 0 heterocycles. The van der Waals surface area contributed by atoms with Crippen LogP contribution in [-0.4, -0.2) is 59.0 Å². The van der Waals surface area contributed by atoms with Crippen molar-refractivity contribution in [3.05, 3.63) is 129 Å². The highest BCUT2D eigenvalue weighted by Crippen LogP contribution is 2.41. The van der Waals surface area contributed by atoms with E-state index in [1.54, 1.807) is 36.4 Å². The Bertz CT molecular complexity index is 2730. The number of non-ortho nitro benzene ring substituents is 1. The molecule has 19 nitrogen and oxygen atoms in total. The standard InChI is InChI=1S/C34H24N8O11S3/c35-31-30-18(15-28(55(48,49)50)32(31)40-37-19-1-7-22(8-2-19)42(46)47)16-29(56(51,52)53)33(34(30)45)41-38-21-5-12-25(13-6-21)54-24-10-3-20(4-11-24)36-39-26-14-9-23(43)17-27(26)44/h1-17,36,38,44H,35H2,(H,48,49,50)(H,51,52,53)/b39-26+,40-37?,41-33+. The molecule has 0 amide bonds. The van der Waals surface area contributed by atoms with Crippen LogP contribution in [0.5, 0.6) is 0 Å². The second-order valence-electron chi connectivity index (χ2n) is 11.5. The van der Waals surface area contributed by atoms with Crippen LogP contribution in [0, 0.1) is 10.1 Å². The van der Waals surface area contributed by atoms with Gasteiger partial charge in [0, 0.05) is 28.0 Å². The molecule has 7 N–H and O–H groups in total. The number of allylic oxidation sites excluding steroid dienone is 4. The number of azo groups is 1. The quantitative estimate of drug-likeness (QED) is 0.0244. The van der Waals surface area contributed by atoms with E-state index in [0.29, 0.717) is 5.69 Å². The number of carbonyl (C=O) groups is 2. The molecule has 0 unspecified atom stereocenters. The second-order valence-corrected chi connectivity index (χ2v) is 15.4. The zero-order valence-electron chi connectivity index (χ0n) is 28.0. The Labute approximate surface area is 320 Å². The number of Topliss-reactive ketones (excluding diaryl/α,β-unsaturated/α-hetero) is 1. The number of nitrogens with one attached hydrogen (secondary N) is 2. The van der Waals surface area contributed by atoms with Crippen LogP contribution < -0.4 is 16.6 Å². The fourth-order valence-corrected chi connectivity index (χ4v) is 7.17. The first-order valence-electron chi connectivity index (χ1n) is 15.5. The fraction of sp³-hybridized carbons (Fsp3) is 0. The first kappa shape index (κ1) is 38.9. The molecule has 0 aromatic heterocycles. The SMILES string of the molecule is Nc1c(N=Nc2ccc([N+](=O)[O-])cc2)c(S(=O)(=O)O)cc2c1C(=O)/C(=N/Nc1ccc(Sc3ccc(N/N=C4\C=CC(=O)C=C4O)cc3)cc1)C(S(=O)(=O)O)=C2. The van der Waals surface area contributed by atoms with E-state index in [1.807, 2.05) is 12.1 Å². The van der Waals surface area contributed by atoms with Crippen LogP contribution in [0.25, 0.3) is 6.08 Å². The Morgan fingerprint density at radius 1 is 0.768 bits per heavy atom. The smallest absolute Gasteiger partial charge is 0.296 e. The lowest BCUT2D eigenvalue weighted by Crippen LogP contribution is -2.28. The number of fused-ring (bicyclic) bond motifs is 1. The largest absolute Gasteiger partial charge is 0.505 e. The molecule has 0 aliphatic heterocycles. The normalized spacial score (nSPS) is 15.8. The number of hydrogen-bond acceptors (Lipinski definition) is 17. The lowest BCUT2D eigenvalue weighted by molar-refractivity contribution is -0.384. The van der Waals surface area contributed by atoms with Crippen LogP contribution in [0.15, 0.2) is 143 Å². The summed E-state index contributed by atoms with van der Waals surface area (Å²) < 4.78 is 69.4. The predicted molar refractivity (Wildman–Crippen MR) is 206 cm³/mol. The topological polar surface area (TPSA) is 306 Å². The number of ketones is 2. The maximum absolute atomic E-state index is 13.8. The third-order valence-electron chi connectivity index (χ3n) is 7.67. The van der Waals surface area contributed by atoms with Gasteiger partial charge in [0.1, 0.15) is 27.0 Å². The molecule has 0 spiro atoms. The summed E-state index contributed by atoms with van der Waals surface area (Å²) in [4.78, 5) is 35.1. The Kier molecular flexibility index (Phi) is 10.7. The summed E-state index contributed by atoms with van der Waals surface area (Å²) in [6.07, 6.45) is 4.46. The number of aliphatic hydroxyl groups is 1. The minimum absolute atomic E-state index is 0.00966. The first-order valence-corrected chi connectivity index (χ1v) is 19.2. The summed E-state index contributed by atoms with van der Waals surface area (Å²) in [5, 5.41) is 36.4. The number of aliphatic hydroxyl groups excluding tert-OH is 1. The van der Waals surface area contributed by atoms with Crippen molar-refractivity contribution < 1.29 is 45.6 Å². The van der Waals surface area contributed by atoms with E-state index >= 15 is 0 Å². The summed E-state index contributed by atoms with van der Waals surface area (Å²) in [5.41, 5.74) is 9.35. The van der Waals surface area contributed by atoms with Crippen LogP contribution >= 0.6 is 11.8 Å². The minimum Gasteiger partial charge on any atom is -0.505 e. The average Bonchev–Trinajstić information content (AvgIpc) is 3.14. The third-order valence-corrected chi connectivity index (χ3v) is 10.4. The van der Waals surface area contributed by atoms with E-state index in [1.165, 1.54) is 36.0 Å². The van der Waals surface area contributed by atoms with Gasteiger partial charge >= 0.3 is 0 Å². The number of nitro benzene ring substituents is 1. The molecule has 0 bridgehead atoms. The second kappa shape index (κ2) is 15.5. The van der Waals surface area contributed by atoms with Gasteiger partial charge in [-0.3, -0.25) is 39.7 Å². The fourth-order valence-electron chi connectivity index (χ4n) is 5.02. The van der Waals surface area contributed by atoms with Crippen LogP contribution in [0.1, 0.15) is 15.9 Å². The summed E-state index contributed by atoms with van der Waals surface area (Å²) in [5.74, 6) is -1.77. The monoisotopic (exact) mass is 816 g/mol. The van der Waals surface area contributed by atoms with E-state index in [0.717, 1.165) is 40.1 Å². The van der Waals surface area contributed by atoms with Gasteiger partial charge in [0.05, 0.1) is 33.2 Å². The van der Waals surface area contributed by atoms with Gasteiger partial charge < -0.3 is 10.8 Å². The van der Waals surface area contributed by atoms with E-state index in [2.05, 4.69) is 31.3 Å². The van der Waals surface area contributed by atoms with Crippen molar-refractivity contribution in [3.8, 4) is 0 Å². The van der Waals surface area contributed by atoms with Crippen molar-refractivity contribution >= 4 is 95.2 Å². The number of hydrazone groups is 2. The number of benzene rings is 4. The van der Waals surface area contributed by atoms with Gasteiger partial charge in [0.15, 0.2) is 11.5 Å². The number of nitrogen functional groups attached to an aromatic ring is 1. The molecular weight excluding hydrogens is 793 g/mol. The zero-order valence-corrected chi connectivity index (χ0v) is 30.4. The van der Waals surface area contributed by atoms with Crippen molar-refractivity contribution in [1.29, 1.82) is 0 Å². The van der Waals surface area contributed by atoms with E-state index in [-0.39, 0.29) is 34.3 Å². The Hall–Kier alpha value is -6.85. The molecule has 0 saturated carbocycles. The summed E-state index contributed by atoms with van der Waals surface area (Å²) in [7, 11) is -10.3. The van der Waals surface area contributed by atoms with Gasteiger partial charge in [0.2, 0.25) is 5.78 Å². The van der Waals surface area contributed by atoms with Crippen molar-refractivity contribution in [2.45, 2.75) is 14.7 Å². The van der Waals surface area contributed by atoms with Crippen LogP contribution in [-0.2, 0) is 25.0 Å². The summed E-state index contributed by atoms with van der Waals surface area (Å²) in [6.45, 7) is 0. The number of nitro groups is 1. The molecule has 0 atom stereocenters. The van der Waals surface area contributed by atoms with Crippen molar-refractivity contribution in [2.24, 2.45) is 20.4 Å². The number of nitrogens with zero attached hydrogens (tertiary/aromatic N) is 5. The van der Waals surface area contributed by atoms with Crippen LogP contribution in [0.2, 0.25) is 0 Å². The van der Waals surface area contributed by atoms with Gasteiger partial charge in [-0.15, -0.1) is 5.11 Å². The van der Waals surface area contributed by atoms with Gasteiger partial charge in [-0.25, -0.2) is 0 Å². The number of hydrogen-bond donors (Lipinski definition) is 6. The Balaban J connectivity index is 1.23. The molecule has 2 aliphatic rings. The number of anilines is 3. The molecule has 284 valence electrons. The average molecular weight is 817 g/mol. The number of nitrogens with two attached hydrogens (primary N) is 1. The predicted octanol–water partition coefficient (Wildman–Crippen LogP) is 6.23. The van der Waals surface area contributed by atoms with E-state index in [4.69, 9.17) is 5.73 Å². The van der Waals surface area contributed by atoms with Gasteiger partial charge in [-0.05, 0) is 90.5 Å². The van der Waals surface area contributed by atoms with E-state index in [9.17, 15) is 50.8 Å². The number of carbonyl (C=O) groups excluding carboxylic acids is 2. The maximum atomic E-state index is 13.8. The zero-order chi connectivity index (χ0) is 40.4. The van der Waals surface area contributed by atoms with Crippen molar-refractivity contribution in [3.63, 3.8) is 0 Å². The maximum Gasteiger partial charge on any atom is 0.296 e. The van der Waals surface area contributed by atoms with Crippen molar-refractivity contribution in [1.82, 2.24) is 0 Å². The van der Waals surface area contributed by atoms with Gasteiger partial charge in [-0.2, -0.15) is 32.2 Å². The first-order chi connectivity index (χ1) is 26.5. The summed E-state index contributed by atoms with van der Waals surface area (Å²) >= 11 is 1.39. The molecule has 56 heavy (non-hydrogen) atoms. The number of rotatable bonds is 11. The van der Waals surface area contributed by atoms with Gasteiger partial charge in [0.25, 0.3) is 25.9 Å².